The topological polar surface area (TPSA) is 66.6 Å². The molecule has 0 atom stereocenters. The molecule has 0 aliphatic carbocycles. The molecule has 82 valence electrons. The zero-order valence-corrected chi connectivity index (χ0v) is 8.61. The molecule has 0 unspecified atom stereocenters. The number of hydrogen-bond donors (Lipinski definition) is 2. The summed E-state index contributed by atoms with van der Waals surface area (Å²) < 4.78 is 0. The number of aliphatic hydroxyl groups is 1. The highest BCUT2D eigenvalue weighted by molar-refractivity contribution is 5.76. The van der Waals surface area contributed by atoms with Crippen LogP contribution in [0, 0.1) is 5.92 Å². The largest absolute Gasteiger partial charge is 0.396 e. The SMILES string of the molecule is NC(=O)C1CCN(CCCCO)CC1. The van der Waals surface area contributed by atoms with Crippen molar-refractivity contribution in [2.24, 2.45) is 11.7 Å². The number of carbonyl (C=O) groups is 1. The van der Waals surface area contributed by atoms with Crippen LogP contribution in [0.1, 0.15) is 25.7 Å². The first-order valence-electron chi connectivity index (χ1n) is 5.36. The number of likely N-dealkylation sites (tertiary alicyclic amines) is 1. The molecule has 1 saturated heterocycles. The Morgan fingerprint density at radius 3 is 2.50 bits per heavy atom. The van der Waals surface area contributed by atoms with Crippen molar-refractivity contribution in [3.8, 4) is 0 Å². The first kappa shape index (κ1) is 11.5. The summed E-state index contributed by atoms with van der Waals surface area (Å²) in [5, 5.41) is 8.63. The van der Waals surface area contributed by atoms with Crippen molar-refractivity contribution < 1.29 is 9.90 Å². The molecule has 0 saturated carbocycles. The lowest BCUT2D eigenvalue weighted by molar-refractivity contribution is -0.123. The number of nitrogens with zero attached hydrogens (tertiary/aromatic N) is 1. The van der Waals surface area contributed by atoms with Gasteiger partial charge in [-0.1, -0.05) is 0 Å². The molecule has 0 radical (unpaired) electrons. The Morgan fingerprint density at radius 2 is 2.00 bits per heavy atom. The van der Waals surface area contributed by atoms with E-state index in [0.717, 1.165) is 45.3 Å². The minimum atomic E-state index is -0.153. The number of primary amides is 1. The minimum Gasteiger partial charge on any atom is -0.396 e. The summed E-state index contributed by atoms with van der Waals surface area (Å²) in [5.74, 6) is -0.0656. The predicted octanol–water partition coefficient (Wildman–Crippen LogP) is -0.0438. The molecule has 1 amide bonds. The Morgan fingerprint density at radius 1 is 1.36 bits per heavy atom. The molecule has 3 N–H and O–H groups in total. The van der Waals surface area contributed by atoms with Gasteiger partial charge >= 0.3 is 0 Å². The summed E-state index contributed by atoms with van der Waals surface area (Å²) in [6.45, 7) is 3.25. The molecule has 0 aromatic carbocycles. The van der Waals surface area contributed by atoms with E-state index in [-0.39, 0.29) is 18.4 Å². The van der Waals surface area contributed by atoms with Crippen LogP contribution in [0.25, 0.3) is 0 Å². The van der Waals surface area contributed by atoms with Gasteiger partial charge < -0.3 is 15.7 Å². The first-order valence-corrected chi connectivity index (χ1v) is 5.36. The predicted molar refractivity (Wildman–Crippen MR) is 54.7 cm³/mol. The zero-order valence-electron chi connectivity index (χ0n) is 8.61. The van der Waals surface area contributed by atoms with Gasteiger partial charge in [-0.25, -0.2) is 0 Å². The fourth-order valence-corrected chi connectivity index (χ4v) is 1.89. The summed E-state index contributed by atoms with van der Waals surface area (Å²) in [7, 11) is 0. The lowest BCUT2D eigenvalue weighted by atomic mass is 9.96. The lowest BCUT2D eigenvalue weighted by Gasteiger charge is -2.30. The van der Waals surface area contributed by atoms with Crippen LogP contribution in [0.5, 0.6) is 0 Å². The number of hydrogen-bond acceptors (Lipinski definition) is 3. The monoisotopic (exact) mass is 200 g/mol. The molecule has 4 nitrogen and oxygen atoms in total. The van der Waals surface area contributed by atoms with Crippen LogP contribution in [0.4, 0.5) is 0 Å². The smallest absolute Gasteiger partial charge is 0.220 e. The van der Waals surface area contributed by atoms with Gasteiger partial charge in [-0.2, -0.15) is 0 Å². The molecule has 14 heavy (non-hydrogen) atoms. The molecule has 0 bridgehead atoms. The van der Waals surface area contributed by atoms with E-state index in [1.165, 1.54) is 0 Å². The van der Waals surface area contributed by atoms with Gasteiger partial charge in [0.25, 0.3) is 0 Å². The highest BCUT2D eigenvalue weighted by Crippen LogP contribution is 2.16. The van der Waals surface area contributed by atoms with Gasteiger partial charge in [0, 0.05) is 12.5 Å². The van der Waals surface area contributed by atoms with E-state index in [4.69, 9.17) is 10.8 Å². The molecule has 1 aliphatic rings. The number of unbranched alkanes of at least 4 members (excludes halogenated alkanes) is 1. The van der Waals surface area contributed by atoms with Crippen LogP contribution in [-0.2, 0) is 4.79 Å². The normalized spacial score (nSPS) is 19.8. The van der Waals surface area contributed by atoms with Gasteiger partial charge in [0.1, 0.15) is 0 Å². The third kappa shape index (κ3) is 3.64. The van der Waals surface area contributed by atoms with E-state index in [1.54, 1.807) is 0 Å². The average Bonchev–Trinajstić information content (AvgIpc) is 2.19. The van der Waals surface area contributed by atoms with E-state index >= 15 is 0 Å². The molecule has 1 heterocycles. The maximum absolute atomic E-state index is 10.9. The summed E-state index contributed by atoms with van der Waals surface area (Å²) in [6, 6.07) is 0. The van der Waals surface area contributed by atoms with Crippen LogP contribution in [0.2, 0.25) is 0 Å². The van der Waals surface area contributed by atoms with Crippen molar-refractivity contribution in [3.05, 3.63) is 0 Å². The highest BCUT2D eigenvalue weighted by Gasteiger charge is 2.22. The fraction of sp³-hybridized carbons (Fsp3) is 0.900. The Balaban J connectivity index is 2.12. The molecule has 0 aromatic heterocycles. The molecular formula is C10H20N2O2. The van der Waals surface area contributed by atoms with Gasteiger partial charge in [-0.15, -0.1) is 0 Å². The Bertz CT molecular complexity index is 177. The van der Waals surface area contributed by atoms with Crippen LogP contribution < -0.4 is 5.73 Å². The maximum atomic E-state index is 10.9. The van der Waals surface area contributed by atoms with Crippen LogP contribution >= 0.6 is 0 Å². The number of carbonyl (C=O) groups excluding carboxylic acids is 1. The Kier molecular flexibility index (Phi) is 4.90. The number of piperidine rings is 1. The second kappa shape index (κ2) is 5.98. The summed E-state index contributed by atoms with van der Waals surface area (Å²) in [6.07, 6.45) is 3.70. The van der Waals surface area contributed by atoms with E-state index < -0.39 is 0 Å². The third-order valence-electron chi connectivity index (χ3n) is 2.87. The van der Waals surface area contributed by atoms with Crippen molar-refractivity contribution >= 4 is 5.91 Å². The van der Waals surface area contributed by atoms with Gasteiger partial charge in [-0.3, -0.25) is 4.79 Å². The zero-order chi connectivity index (χ0) is 10.4. The minimum absolute atomic E-state index is 0.0871. The molecule has 1 aliphatic heterocycles. The van der Waals surface area contributed by atoms with Crippen LogP contribution in [0.3, 0.4) is 0 Å². The molecule has 0 spiro atoms. The van der Waals surface area contributed by atoms with E-state index in [9.17, 15) is 4.79 Å². The quantitative estimate of drug-likeness (QED) is 0.612. The van der Waals surface area contributed by atoms with Crippen molar-refractivity contribution in [1.82, 2.24) is 4.90 Å². The van der Waals surface area contributed by atoms with Gasteiger partial charge in [-0.05, 0) is 45.3 Å². The molecule has 0 aromatic rings. The van der Waals surface area contributed by atoms with Gasteiger partial charge in [0.2, 0.25) is 5.91 Å². The molecular weight excluding hydrogens is 180 g/mol. The maximum Gasteiger partial charge on any atom is 0.220 e. The van der Waals surface area contributed by atoms with Crippen LogP contribution in [0.15, 0.2) is 0 Å². The number of amides is 1. The molecule has 1 fully saturated rings. The van der Waals surface area contributed by atoms with Crippen molar-refractivity contribution in [1.29, 1.82) is 0 Å². The molecule has 1 rings (SSSR count). The summed E-state index contributed by atoms with van der Waals surface area (Å²) >= 11 is 0. The van der Waals surface area contributed by atoms with Gasteiger partial charge in [0.15, 0.2) is 0 Å². The first-order chi connectivity index (χ1) is 6.74. The second-order valence-corrected chi connectivity index (χ2v) is 3.95. The van der Waals surface area contributed by atoms with Gasteiger partial charge in [0.05, 0.1) is 0 Å². The Hall–Kier alpha value is -0.610. The Labute approximate surface area is 85.1 Å². The lowest BCUT2D eigenvalue weighted by Crippen LogP contribution is -2.38. The highest BCUT2D eigenvalue weighted by atomic mass is 16.2. The van der Waals surface area contributed by atoms with E-state index in [0.29, 0.717) is 0 Å². The number of aliphatic hydroxyl groups excluding tert-OH is 1. The van der Waals surface area contributed by atoms with Crippen LogP contribution in [-0.4, -0.2) is 42.2 Å². The van der Waals surface area contributed by atoms with Crippen molar-refractivity contribution in [3.63, 3.8) is 0 Å². The average molecular weight is 200 g/mol. The standard InChI is InChI=1S/C10H20N2O2/c11-10(14)9-3-6-12(7-4-9)5-1-2-8-13/h9,13H,1-8H2,(H2,11,14). The third-order valence-corrected chi connectivity index (χ3v) is 2.87. The summed E-state index contributed by atoms with van der Waals surface area (Å²) in [5.41, 5.74) is 5.24. The number of rotatable bonds is 5. The van der Waals surface area contributed by atoms with Crippen molar-refractivity contribution in [2.45, 2.75) is 25.7 Å². The number of nitrogens with two attached hydrogens (primary N) is 1. The van der Waals surface area contributed by atoms with E-state index in [2.05, 4.69) is 4.90 Å². The summed E-state index contributed by atoms with van der Waals surface area (Å²) in [4.78, 5) is 13.2. The fourth-order valence-electron chi connectivity index (χ4n) is 1.89. The second-order valence-electron chi connectivity index (χ2n) is 3.95. The van der Waals surface area contributed by atoms with Crippen molar-refractivity contribution in [2.75, 3.05) is 26.2 Å². The van der Waals surface area contributed by atoms with E-state index in [1.807, 2.05) is 0 Å². The molecule has 4 heteroatoms.